The standard InChI is InChI=1S/C22H35N3O3/c1-4-28-19-11-9-18(10-12-19)21(26)24-20(17(2)3)22(27)23-13-8-16-25-14-6-5-7-15-25/h9-12,17,20H,4-8,13-16H2,1-3H3,(H,23,27)(H,24,26)/t20-/m0/s1. The molecule has 1 atom stereocenters. The molecule has 6 nitrogen and oxygen atoms in total. The largest absolute Gasteiger partial charge is 0.494 e. The van der Waals surface area contributed by atoms with Crippen LogP contribution >= 0.6 is 0 Å². The van der Waals surface area contributed by atoms with E-state index in [1.165, 1.54) is 32.4 Å². The molecule has 0 spiro atoms. The number of piperidine rings is 1. The highest BCUT2D eigenvalue weighted by Crippen LogP contribution is 2.13. The van der Waals surface area contributed by atoms with Crippen LogP contribution in [0.15, 0.2) is 24.3 Å². The normalized spacial score (nSPS) is 15.9. The van der Waals surface area contributed by atoms with Gasteiger partial charge in [0.1, 0.15) is 11.8 Å². The van der Waals surface area contributed by atoms with Crippen LogP contribution in [0.1, 0.15) is 56.8 Å². The topological polar surface area (TPSA) is 70.7 Å². The van der Waals surface area contributed by atoms with E-state index in [-0.39, 0.29) is 17.7 Å². The molecule has 1 aromatic carbocycles. The van der Waals surface area contributed by atoms with Crippen molar-refractivity contribution in [3.63, 3.8) is 0 Å². The van der Waals surface area contributed by atoms with E-state index in [2.05, 4.69) is 15.5 Å². The molecule has 0 saturated carbocycles. The van der Waals surface area contributed by atoms with E-state index in [1.807, 2.05) is 20.8 Å². The molecule has 1 heterocycles. The minimum absolute atomic E-state index is 0.00809. The van der Waals surface area contributed by atoms with Gasteiger partial charge in [-0.1, -0.05) is 20.3 Å². The molecule has 1 saturated heterocycles. The van der Waals surface area contributed by atoms with Gasteiger partial charge in [0.15, 0.2) is 0 Å². The summed E-state index contributed by atoms with van der Waals surface area (Å²) in [5.41, 5.74) is 0.520. The Morgan fingerprint density at radius 3 is 2.39 bits per heavy atom. The molecule has 0 radical (unpaired) electrons. The van der Waals surface area contributed by atoms with Crippen LogP contribution in [0.4, 0.5) is 0 Å². The molecule has 156 valence electrons. The van der Waals surface area contributed by atoms with Crippen LogP contribution in [-0.4, -0.2) is 55.5 Å². The third kappa shape index (κ3) is 7.15. The van der Waals surface area contributed by atoms with Crippen LogP contribution in [0.2, 0.25) is 0 Å². The van der Waals surface area contributed by atoms with Gasteiger partial charge in [0.05, 0.1) is 6.61 Å². The summed E-state index contributed by atoms with van der Waals surface area (Å²) in [5.74, 6) is 0.373. The second kappa shape index (κ2) is 11.7. The lowest BCUT2D eigenvalue weighted by Crippen LogP contribution is -2.50. The number of rotatable bonds is 10. The monoisotopic (exact) mass is 389 g/mol. The summed E-state index contributed by atoms with van der Waals surface area (Å²) in [6.07, 6.45) is 4.82. The lowest BCUT2D eigenvalue weighted by atomic mass is 10.0. The van der Waals surface area contributed by atoms with Crippen molar-refractivity contribution in [3.05, 3.63) is 29.8 Å². The first-order valence-electron chi connectivity index (χ1n) is 10.5. The molecule has 0 aliphatic carbocycles. The Bertz CT molecular complexity index is 610. The summed E-state index contributed by atoms with van der Waals surface area (Å²) in [7, 11) is 0. The van der Waals surface area contributed by atoms with E-state index in [1.54, 1.807) is 24.3 Å². The minimum Gasteiger partial charge on any atom is -0.494 e. The summed E-state index contributed by atoms with van der Waals surface area (Å²) >= 11 is 0. The molecule has 0 aromatic heterocycles. The zero-order valence-electron chi connectivity index (χ0n) is 17.5. The fourth-order valence-electron chi connectivity index (χ4n) is 3.44. The summed E-state index contributed by atoms with van der Waals surface area (Å²) in [6.45, 7) is 10.4. The predicted octanol–water partition coefficient (Wildman–Crippen LogP) is 2.83. The highest BCUT2D eigenvalue weighted by Gasteiger charge is 2.24. The number of carbonyl (C=O) groups is 2. The van der Waals surface area contributed by atoms with Gasteiger partial charge in [-0.25, -0.2) is 0 Å². The average molecular weight is 390 g/mol. The molecule has 2 N–H and O–H groups in total. The number of hydrogen-bond donors (Lipinski definition) is 2. The van der Waals surface area contributed by atoms with Gasteiger partial charge < -0.3 is 20.3 Å². The van der Waals surface area contributed by atoms with E-state index in [0.29, 0.717) is 18.7 Å². The number of nitrogens with one attached hydrogen (secondary N) is 2. The lowest BCUT2D eigenvalue weighted by molar-refractivity contribution is -0.123. The Kier molecular flexibility index (Phi) is 9.28. The van der Waals surface area contributed by atoms with Gasteiger partial charge >= 0.3 is 0 Å². The van der Waals surface area contributed by atoms with E-state index in [0.717, 1.165) is 18.7 Å². The van der Waals surface area contributed by atoms with E-state index in [4.69, 9.17) is 4.74 Å². The van der Waals surface area contributed by atoms with Crippen LogP contribution < -0.4 is 15.4 Å². The van der Waals surface area contributed by atoms with Crippen molar-refractivity contribution in [1.82, 2.24) is 15.5 Å². The number of likely N-dealkylation sites (tertiary alicyclic amines) is 1. The molecule has 6 heteroatoms. The number of amides is 2. The van der Waals surface area contributed by atoms with Crippen molar-refractivity contribution in [1.29, 1.82) is 0 Å². The number of nitrogens with zero attached hydrogens (tertiary/aromatic N) is 1. The van der Waals surface area contributed by atoms with Gasteiger partial charge in [-0.2, -0.15) is 0 Å². The van der Waals surface area contributed by atoms with Crippen LogP contribution in [0.25, 0.3) is 0 Å². The molecular formula is C22H35N3O3. The molecule has 1 aromatic rings. The first kappa shape index (κ1) is 22.2. The summed E-state index contributed by atoms with van der Waals surface area (Å²) in [6, 6.07) is 6.42. The fourth-order valence-corrected chi connectivity index (χ4v) is 3.44. The van der Waals surface area contributed by atoms with Gasteiger partial charge in [-0.15, -0.1) is 0 Å². The average Bonchev–Trinajstić information content (AvgIpc) is 2.70. The van der Waals surface area contributed by atoms with Gasteiger partial charge in [0.25, 0.3) is 5.91 Å². The maximum absolute atomic E-state index is 12.6. The first-order valence-corrected chi connectivity index (χ1v) is 10.5. The van der Waals surface area contributed by atoms with Gasteiger partial charge in [-0.3, -0.25) is 9.59 Å². The summed E-state index contributed by atoms with van der Waals surface area (Å²) in [4.78, 5) is 27.6. The third-order valence-corrected chi connectivity index (χ3v) is 5.06. The van der Waals surface area contributed by atoms with Gasteiger partial charge in [-0.05, 0) is 76.0 Å². The zero-order chi connectivity index (χ0) is 20.4. The molecule has 1 aliphatic rings. The summed E-state index contributed by atoms with van der Waals surface area (Å²) < 4.78 is 5.40. The fraction of sp³-hybridized carbons (Fsp3) is 0.636. The number of hydrogen-bond acceptors (Lipinski definition) is 4. The van der Waals surface area contributed by atoms with E-state index in [9.17, 15) is 9.59 Å². The highest BCUT2D eigenvalue weighted by molar-refractivity contribution is 5.97. The van der Waals surface area contributed by atoms with Crippen molar-refractivity contribution in [3.8, 4) is 5.75 Å². The Hall–Kier alpha value is -2.08. The van der Waals surface area contributed by atoms with Crippen LogP contribution in [0.3, 0.4) is 0 Å². The number of ether oxygens (including phenoxy) is 1. The maximum atomic E-state index is 12.6. The Morgan fingerprint density at radius 2 is 1.79 bits per heavy atom. The Labute approximate surface area is 169 Å². The molecule has 0 bridgehead atoms. The molecule has 1 fully saturated rings. The van der Waals surface area contributed by atoms with Crippen molar-refractivity contribution in [2.45, 2.75) is 52.5 Å². The highest BCUT2D eigenvalue weighted by atomic mass is 16.5. The molecular weight excluding hydrogens is 354 g/mol. The van der Waals surface area contributed by atoms with Crippen molar-refractivity contribution >= 4 is 11.8 Å². The molecule has 2 rings (SSSR count). The smallest absolute Gasteiger partial charge is 0.251 e. The van der Waals surface area contributed by atoms with Crippen molar-refractivity contribution < 1.29 is 14.3 Å². The maximum Gasteiger partial charge on any atom is 0.251 e. The SMILES string of the molecule is CCOc1ccc(C(=O)N[C@H](C(=O)NCCCN2CCCCC2)C(C)C)cc1. The Morgan fingerprint density at radius 1 is 1.11 bits per heavy atom. The lowest BCUT2D eigenvalue weighted by Gasteiger charge is -2.26. The Balaban J connectivity index is 1.80. The number of benzene rings is 1. The number of carbonyl (C=O) groups excluding carboxylic acids is 2. The van der Waals surface area contributed by atoms with Crippen molar-refractivity contribution in [2.24, 2.45) is 5.92 Å². The zero-order valence-corrected chi connectivity index (χ0v) is 17.5. The first-order chi connectivity index (χ1) is 13.5. The van der Waals surface area contributed by atoms with E-state index >= 15 is 0 Å². The van der Waals surface area contributed by atoms with Crippen LogP contribution in [0.5, 0.6) is 5.75 Å². The second-order valence-corrected chi connectivity index (χ2v) is 7.70. The quantitative estimate of drug-likeness (QED) is 0.604. The van der Waals surface area contributed by atoms with Crippen LogP contribution in [-0.2, 0) is 4.79 Å². The molecule has 2 amide bonds. The molecule has 1 aliphatic heterocycles. The third-order valence-electron chi connectivity index (χ3n) is 5.06. The van der Waals surface area contributed by atoms with Crippen LogP contribution in [0, 0.1) is 5.92 Å². The minimum atomic E-state index is -0.547. The summed E-state index contributed by atoms with van der Waals surface area (Å²) in [5, 5.41) is 5.86. The molecule has 28 heavy (non-hydrogen) atoms. The van der Waals surface area contributed by atoms with E-state index < -0.39 is 6.04 Å². The van der Waals surface area contributed by atoms with Gasteiger partial charge in [0, 0.05) is 12.1 Å². The predicted molar refractivity (Wildman–Crippen MR) is 112 cm³/mol. The van der Waals surface area contributed by atoms with Crippen molar-refractivity contribution in [2.75, 3.05) is 32.8 Å². The van der Waals surface area contributed by atoms with Gasteiger partial charge in [0.2, 0.25) is 5.91 Å². The second-order valence-electron chi connectivity index (χ2n) is 7.70. The molecule has 0 unspecified atom stereocenters.